The van der Waals surface area contributed by atoms with E-state index in [0.717, 1.165) is 12.5 Å². The summed E-state index contributed by atoms with van der Waals surface area (Å²) in [7, 11) is 2.23. The molecule has 1 aliphatic rings. The summed E-state index contributed by atoms with van der Waals surface area (Å²) in [6.45, 7) is 6.60. The Balaban J connectivity index is 2.32. The van der Waals surface area contributed by atoms with Crippen molar-refractivity contribution in [1.82, 2.24) is 4.90 Å². The Kier molecular flexibility index (Phi) is 3.74. The Labute approximate surface area is 82.5 Å². The minimum Gasteiger partial charge on any atom is -0.329 e. The molecule has 2 N–H and O–H groups in total. The summed E-state index contributed by atoms with van der Waals surface area (Å²) in [5.74, 6) is 0.803. The smallest absolute Gasteiger partial charge is 0.0328 e. The zero-order valence-electron chi connectivity index (χ0n) is 9.34. The molecule has 2 heteroatoms. The molecule has 0 heterocycles. The Morgan fingerprint density at radius 2 is 2.00 bits per heavy atom. The quantitative estimate of drug-likeness (QED) is 0.706. The van der Waals surface area contributed by atoms with Crippen molar-refractivity contribution in [2.45, 2.75) is 45.1 Å². The van der Waals surface area contributed by atoms with Crippen molar-refractivity contribution in [2.75, 3.05) is 20.1 Å². The van der Waals surface area contributed by atoms with Crippen molar-refractivity contribution in [2.24, 2.45) is 11.7 Å². The Morgan fingerprint density at radius 1 is 1.38 bits per heavy atom. The number of hydrogen-bond acceptors (Lipinski definition) is 2. The monoisotopic (exact) mass is 184 g/mol. The van der Waals surface area contributed by atoms with E-state index in [2.05, 4.69) is 25.8 Å². The van der Waals surface area contributed by atoms with Crippen LogP contribution in [0.4, 0.5) is 0 Å². The molecule has 0 spiro atoms. The van der Waals surface area contributed by atoms with Crippen LogP contribution in [0.25, 0.3) is 0 Å². The molecule has 78 valence electrons. The van der Waals surface area contributed by atoms with Crippen molar-refractivity contribution < 1.29 is 0 Å². The standard InChI is InChI=1S/C11H24N2/c1-10(2)5-8-13(3)11(9-12)6-4-7-11/h10H,4-9,12H2,1-3H3. The zero-order chi connectivity index (χ0) is 9.90. The van der Waals surface area contributed by atoms with Gasteiger partial charge in [0.1, 0.15) is 0 Å². The predicted molar refractivity (Wildman–Crippen MR) is 57.7 cm³/mol. The SMILES string of the molecule is CC(C)CCN(C)C1(CN)CCC1. The third kappa shape index (κ3) is 2.44. The van der Waals surface area contributed by atoms with Gasteiger partial charge >= 0.3 is 0 Å². The molecule has 0 bridgehead atoms. The van der Waals surface area contributed by atoms with Crippen LogP contribution in [-0.2, 0) is 0 Å². The van der Waals surface area contributed by atoms with E-state index < -0.39 is 0 Å². The minimum absolute atomic E-state index is 0.370. The second kappa shape index (κ2) is 4.43. The van der Waals surface area contributed by atoms with Crippen LogP contribution in [0.1, 0.15) is 39.5 Å². The highest BCUT2D eigenvalue weighted by molar-refractivity contribution is 4.97. The summed E-state index contributed by atoms with van der Waals surface area (Å²) in [6.07, 6.45) is 5.26. The molecule has 0 aromatic heterocycles. The van der Waals surface area contributed by atoms with E-state index in [0.29, 0.717) is 5.54 Å². The maximum atomic E-state index is 5.83. The Bertz CT molecular complexity index is 145. The summed E-state index contributed by atoms with van der Waals surface area (Å²) < 4.78 is 0. The minimum atomic E-state index is 0.370. The highest BCUT2D eigenvalue weighted by atomic mass is 15.2. The highest BCUT2D eigenvalue weighted by Crippen LogP contribution is 2.35. The van der Waals surface area contributed by atoms with Gasteiger partial charge in [0, 0.05) is 12.1 Å². The van der Waals surface area contributed by atoms with E-state index in [-0.39, 0.29) is 0 Å². The maximum absolute atomic E-state index is 5.83. The molecule has 1 fully saturated rings. The van der Waals surface area contributed by atoms with E-state index >= 15 is 0 Å². The lowest BCUT2D eigenvalue weighted by molar-refractivity contribution is 0.0429. The third-order valence-corrected chi connectivity index (χ3v) is 3.52. The summed E-state index contributed by atoms with van der Waals surface area (Å²) >= 11 is 0. The maximum Gasteiger partial charge on any atom is 0.0328 e. The van der Waals surface area contributed by atoms with Gasteiger partial charge in [0.25, 0.3) is 0 Å². The molecule has 0 amide bonds. The molecular formula is C11H24N2. The molecule has 0 unspecified atom stereocenters. The van der Waals surface area contributed by atoms with Crippen LogP contribution in [0.15, 0.2) is 0 Å². The fourth-order valence-corrected chi connectivity index (χ4v) is 2.02. The molecule has 0 saturated heterocycles. The molecule has 0 atom stereocenters. The summed E-state index contributed by atoms with van der Waals surface area (Å²) in [5, 5.41) is 0. The van der Waals surface area contributed by atoms with Gasteiger partial charge in [-0.1, -0.05) is 13.8 Å². The number of hydrogen-bond donors (Lipinski definition) is 1. The van der Waals surface area contributed by atoms with Crippen molar-refractivity contribution in [3.8, 4) is 0 Å². The molecule has 0 aromatic carbocycles. The van der Waals surface area contributed by atoms with Crippen LogP contribution in [0.5, 0.6) is 0 Å². The third-order valence-electron chi connectivity index (χ3n) is 3.52. The fourth-order valence-electron chi connectivity index (χ4n) is 2.02. The first-order valence-electron chi connectivity index (χ1n) is 5.52. The number of rotatable bonds is 5. The lowest BCUT2D eigenvalue weighted by Gasteiger charge is -2.48. The van der Waals surface area contributed by atoms with E-state index in [1.54, 1.807) is 0 Å². The zero-order valence-corrected chi connectivity index (χ0v) is 9.34. The second-order valence-corrected chi connectivity index (χ2v) is 4.89. The molecule has 1 rings (SSSR count). The second-order valence-electron chi connectivity index (χ2n) is 4.89. The van der Waals surface area contributed by atoms with Crippen LogP contribution < -0.4 is 5.73 Å². The van der Waals surface area contributed by atoms with Gasteiger partial charge in [0.05, 0.1) is 0 Å². The van der Waals surface area contributed by atoms with Gasteiger partial charge in [-0.05, 0) is 45.2 Å². The fraction of sp³-hybridized carbons (Fsp3) is 1.00. The van der Waals surface area contributed by atoms with Crippen LogP contribution in [-0.4, -0.2) is 30.6 Å². The number of nitrogens with zero attached hydrogens (tertiary/aromatic N) is 1. The van der Waals surface area contributed by atoms with Gasteiger partial charge in [-0.15, -0.1) is 0 Å². The molecule has 2 nitrogen and oxygen atoms in total. The van der Waals surface area contributed by atoms with Crippen molar-refractivity contribution in [3.05, 3.63) is 0 Å². The van der Waals surface area contributed by atoms with Crippen molar-refractivity contribution in [1.29, 1.82) is 0 Å². The summed E-state index contributed by atoms with van der Waals surface area (Å²) in [5.41, 5.74) is 6.20. The van der Waals surface area contributed by atoms with Crippen LogP contribution in [0, 0.1) is 5.92 Å². The lowest BCUT2D eigenvalue weighted by Crippen LogP contribution is -2.57. The molecule has 1 saturated carbocycles. The van der Waals surface area contributed by atoms with Crippen LogP contribution in [0.3, 0.4) is 0 Å². The molecule has 1 aliphatic carbocycles. The van der Waals surface area contributed by atoms with Gasteiger partial charge in [-0.2, -0.15) is 0 Å². The van der Waals surface area contributed by atoms with Crippen LogP contribution in [0.2, 0.25) is 0 Å². The number of nitrogens with two attached hydrogens (primary N) is 1. The predicted octanol–water partition coefficient (Wildman–Crippen LogP) is 1.85. The van der Waals surface area contributed by atoms with E-state index in [1.165, 1.54) is 32.2 Å². The summed E-state index contributed by atoms with van der Waals surface area (Å²) in [4.78, 5) is 2.48. The molecule has 0 aromatic rings. The Hall–Kier alpha value is -0.0800. The average Bonchev–Trinajstić information content (AvgIpc) is 2.00. The van der Waals surface area contributed by atoms with E-state index in [1.807, 2.05) is 0 Å². The van der Waals surface area contributed by atoms with E-state index in [4.69, 9.17) is 5.73 Å². The first kappa shape index (κ1) is 11.0. The van der Waals surface area contributed by atoms with Gasteiger partial charge < -0.3 is 5.73 Å². The van der Waals surface area contributed by atoms with Crippen molar-refractivity contribution >= 4 is 0 Å². The Morgan fingerprint density at radius 3 is 2.31 bits per heavy atom. The van der Waals surface area contributed by atoms with Gasteiger partial charge in [-0.3, -0.25) is 4.90 Å². The summed E-state index contributed by atoms with van der Waals surface area (Å²) in [6, 6.07) is 0. The molecule has 0 radical (unpaired) electrons. The van der Waals surface area contributed by atoms with Gasteiger partial charge in [0.2, 0.25) is 0 Å². The van der Waals surface area contributed by atoms with Crippen molar-refractivity contribution in [3.63, 3.8) is 0 Å². The van der Waals surface area contributed by atoms with E-state index in [9.17, 15) is 0 Å². The first-order valence-corrected chi connectivity index (χ1v) is 5.52. The van der Waals surface area contributed by atoms with Gasteiger partial charge in [-0.25, -0.2) is 0 Å². The van der Waals surface area contributed by atoms with Crippen LogP contribution >= 0.6 is 0 Å². The van der Waals surface area contributed by atoms with Gasteiger partial charge in [0.15, 0.2) is 0 Å². The highest BCUT2D eigenvalue weighted by Gasteiger charge is 2.38. The molecule has 0 aliphatic heterocycles. The topological polar surface area (TPSA) is 29.3 Å². The normalized spacial score (nSPS) is 20.8. The average molecular weight is 184 g/mol. The number of likely N-dealkylation sites (N-methyl/N-ethyl adjacent to an activating group) is 1. The molecular weight excluding hydrogens is 160 g/mol. The molecule has 13 heavy (non-hydrogen) atoms. The largest absolute Gasteiger partial charge is 0.329 e. The first-order chi connectivity index (χ1) is 6.10. The lowest BCUT2D eigenvalue weighted by atomic mass is 9.75.